The van der Waals surface area contributed by atoms with Crippen molar-refractivity contribution in [1.29, 1.82) is 0 Å². The van der Waals surface area contributed by atoms with Crippen LogP contribution in [0.2, 0.25) is 0 Å². The molecule has 0 radical (unpaired) electrons. The number of methoxy groups -OCH3 is 4. The Kier molecular flexibility index (Phi) is 6.80. The molecule has 1 N–H and O–H groups in total. The number of rotatable bonds is 7. The van der Waals surface area contributed by atoms with Crippen LogP contribution in [0, 0.1) is 0 Å². The summed E-state index contributed by atoms with van der Waals surface area (Å²) in [5, 5.41) is 14.0. The Labute approximate surface area is 233 Å². The van der Waals surface area contributed by atoms with Crippen LogP contribution in [0.5, 0.6) is 28.7 Å². The Hall–Kier alpha value is -4.17. The Morgan fingerprint density at radius 2 is 1.32 bits per heavy atom. The van der Waals surface area contributed by atoms with Crippen molar-refractivity contribution in [2.45, 2.75) is 38.0 Å². The highest BCUT2D eigenvalue weighted by Crippen LogP contribution is 2.46. The summed E-state index contributed by atoms with van der Waals surface area (Å²) < 4.78 is 29.0. The lowest BCUT2D eigenvalue weighted by molar-refractivity contribution is 0.0439. The third kappa shape index (κ3) is 4.32. The highest BCUT2D eigenvalue weighted by molar-refractivity contribution is 6.13. The summed E-state index contributed by atoms with van der Waals surface area (Å²) in [6.45, 7) is 1.66. The predicted octanol–water partition coefficient (Wildman–Crippen LogP) is 5.69. The molecule has 0 aromatic heterocycles. The molecule has 2 aliphatic heterocycles. The van der Waals surface area contributed by atoms with Gasteiger partial charge in [-0.05, 0) is 81.9 Å². The molecule has 2 aliphatic rings. The highest BCUT2D eigenvalue weighted by Gasteiger charge is 2.36. The molecular formula is C32H33NO7. The summed E-state index contributed by atoms with van der Waals surface area (Å²) in [4.78, 5) is 14.2. The van der Waals surface area contributed by atoms with Gasteiger partial charge in [-0.2, -0.15) is 0 Å². The SMILES string of the molecule is COc1cc2c3c(c4cc(OC)c(OC)cc4c2cc1OC)CN1CCC(Oc2ccccc2C(=O)O)CC1C3. The number of piperidine rings is 1. The number of benzene rings is 4. The molecule has 2 atom stereocenters. The van der Waals surface area contributed by atoms with Gasteiger partial charge in [0.15, 0.2) is 23.0 Å². The van der Waals surface area contributed by atoms with Gasteiger partial charge in [-0.15, -0.1) is 0 Å². The van der Waals surface area contributed by atoms with E-state index >= 15 is 0 Å². The van der Waals surface area contributed by atoms with E-state index in [1.165, 1.54) is 11.1 Å². The van der Waals surface area contributed by atoms with Crippen molar-refractivity contribution < 1.29 is 33.6 Å². The summed E-state index contributed by atoms with van der Waals surface area (Å²) >= 11 is 0. The van der Waals surface area contributed by atoms with Gasteiger partial charge in [-0.1, -0.05) is 12.1 Å². The number of ether oxygens (including phenoxy) is 5. The van der Waals surface area contributed by atoms with Crippen LogP contribution in [0.4, 0.5) is 0 Å². The van der Waals surface area contributed by atoms with Crippen molar-refractivity contribution in [3.8, 4) is 28.7 Å². The molecule has 0 spiro atoms. The molecule has 1 saturated heterocycles. The molecular weight excluding hydrogens is 510 g/mol. The zero-order valence-corrected chi connectivity index (χ0v) is 23.2. The molecule has 0 bridgehead atoms. The average Bonchev–Trinajstić information content (AvgIpc) is 2.99. The molecule has 8 heteroatoms. The van der Waals surface area contributed by atoms with E-state index < -0.39 is 5.97 Å². The van der Waals surface area contributed by atoms with Gasteiger partial charge >= 0.3 is 5.97 Å². The topological polar surface area (TPSA) is 86.7 Å². The van der Waals surface area contributed by atoms with Crippen LogP contribution in [0.3, 0.4) is 0 Å². The molecule has 40 heavy (non-hydrogen) atoms. The fourth-order valence-corrected chi connectivity index (χ4v) is 6.40. The van der Waals surface area contributed by atoms with Gasteiger partial charge in [-0.3, -0.25) is 4.90 Å². The molecule has 8 nitrogen and oxygen atoms in total. The monoisotopic (exact) mass is 543 g/mol. The van der Waals surface area contributed by atoms with Crippen molar-refractivity contribution in [2.75, 3.05) is 35.0 Å². The second-order valence-corrected chi connectivity index (χ2v) is 10.4. The second-order valence-electron chi connectivity index (χ2n) is 10.4. The molecule has 0 saturated carbocycles. The van der Waals surface area contributed by atoms with Crippen LogP contribution < -0.4 is 23.7 Å². The lowest BCUT2D eigenvalue weighted by Crippen LogP contribution is -2.48. The fourth-order valence-electron chi connectivity index (χ4n) is 6.40. The quantitative estimate of drug-likeness (QED) is 0.298. The molecule has 1 fully saturated rings. The van der Waals surface area contributed by atoms with E-state index in [9.17, 15) is 9.90 Å². The second kappa shape index (κ2) is 10.4. The fraction of sp³-hybridized carbons (Fsp3) is 0.344. The van der Waals surface area contributed by atoms with E-state index in [1.54, 1.807) is 46.6 Å². The molecule has 4 aromatic rings. The normalized spacial score (nSPS) is 18.6. The van der Waals surface area contributed by atoms with E-state index in [1.807, 2.05) is 12.1 Å². The zero-order valence-electron chi connectivity index (χ0n) is 23.2. The van der Waals surface area contributed by atoms with E-state index in [2.05, 4.69) is 23.1 Å². The van der Waals surface area contributed by atoms with Gasteiger partial charge in [-0.25, -0.2) is 4.79 Å². The van der Waals surface area contributed by atoms with E-state index in [0.717, 1.165) is 53.9 Å². The van der Waals surface area contributed by atoms with Crippen molar-refractivity contribution in [3.05, 3.63) is 65.2 Å². The summed E-state index contributed by atoms with van der Waals surface area (Å²) in [7, 11) is 6.62. The van der Waals surface area contributed by atoms with Crippen LogP contribution in [-0.4, -0.2) is 63.1 Å². The molecule has 4 aromatic carbocycles. The van der Waals surface area contributed by atoms with Gasteiger partial charge in [0.2, 0.25) is 0 Å². The van der Waals surface area contributed by atoms with E-state index in [-0.39, 0.29) is 17.7 Å². The molecule has 0 amide bonds. The summed E-state index contributed by atoms with van der Waals surface area (Å²) in [5.41, 5.74) is 2.76. The Balaban J connectivity index is 1.44. The largest absolute Gasteiger partial charge is 0.493 e. The van der Waals surface area contributed by atoms with E-state index in [0.29, 0.717) is 28.7 Å². The maximum absolute atomic E-state index is 11.7. The van der Waals surface area contributed by atoms with Gasteiger partial charge in [0, 0.05) is 25.6 Å². The number of fused-ring (bicyclic) bond motifs is 7. The first kappa shape index (κ1) is 26.1. The number of carboxylic acids is 1. The zero-order chi connectivity index (χ0) is 28.0. The summed E-state index contributed by atoms with van der Waals surface area (Å²) in [6.07, 6.45) is 2.42. The van der Waals surface area contributed by atoms with Gasteiger partial charge in [0.1, 0.15) is 17.4 Å². The van der Waals surface area contributed by atoms with Gasteiger partial charge in [0.25, 0.3) is 0 Å². The number of para-hydroxylation sites is 1. The number of hydrogen-bond donors (Lipinski definition) is 1. The lowest BCUT2D eigenvalue weighted by atomic mass is 9.82. The number of hydrogen-bond acceptors (Lipinski definition) is 7. The Morgan fingerprint density at radius 3 is 1.90 bits per heavy atom. The van der Waals surface area contributed by atoms with Crippen molar-refractivity contribution >= 4 is 27.5 Å². The molecule has 208 valence electrons. The minimum Gasteiger partial charge on any atom is -0.493 e. The van der Waals surface area contributed by atoms with Crippen LogP contribution in [-0.2, 0) is 13.0 Å². The number of carboxylic acid groups (broad SMARTS) is 1. The first-order valence-corrected chi connectivity index (χ1v) is 13.4. The van der Waals surface area contributed by atoms with Gasteiger partial charge in [0.05, 0.1) is 28.4 Å². The number of nitrogens with zero attached hydrogens (tertiary/aromatic N) is 1. The first-order chi connectivity index (χ1) is 19.4. The van der Waals surface area contributed by atoms with E-state index in [4.69, 9.17) is 23.7 Å². The number of carbonyl (C=O) groups is 1. The van der Waals surface area contributed by atoms with Gasteiger partial charge < -0.3 is 28.8 Å². The van der Waals surface area contributed by atoms with Crippen molar-refractivity contribution in [1.82, 2.24) is 4.90 Å². The maximum Gasteiger partial charge on any atom is 0.339 e. The van der Waals surface area contributed by atoms with Crippen LogP contribution in [0.25, 0.3) is 21.5 Å². The predicted molar refractivity (Wildman–Crippen MR) is 153 cm³/mol. The minimum absolute atomic E-state index is 0.0611. The van der Waals surface area contributed by atoms with Crippen LogP contribution in [0.1, 0.15) is 34.3 Å². The smallest absolute Gasteiger partial charge is 0.339 e. The third-order valence-electron chi connectivity index (χ3n) is 8.35. The van der Waals surface area contributed by atoms with Crippen molar-refractivity contribution in [3.63, 3.8) is 0 Å². The molecule has 6 rings (SSSR count). The summed E-state index contributed by atoms with van der Waals surface area (Å²) in [6, 6.07) is 15.4. The molecule has 2 heterocycles. The standard InChI is InChI=1S/C32H33NO7/c1-36-28-13-22-21-12-18-11-19(40-27-8-6-5-7-20(27)32(34)35)9-10-33(18)17-26(21)25-16-31(39-4)30(38-3)15-24(25)23(22)14-29(28)37-2/h5-8,13-16,18-19H,9-12,17H2,1-4H3,(H,34,35). The Morgan fingerprint density at radius 1 is 0.775 bits per heavy atom. The number of aromatic carboxylic acids is 1. The van der Waals surface area contributed by atoms with Crippen LogP contribution >= 0.6 is 0 Å². The average molecular weight is 544 g/mol. The molecule has 2 unspecified atom stereocenters. The summed E-state index contributed by atoms with van der Waals surface area (Å²) in [5.74, 6) is 2.19. The first-order valence-electron chi connectivity index (χ1n) is 13.4. The maximum atomic E-state index is 11.7. The molecule has 0 aliphatic carbocycles. The van der Waals surface area contributed by atoms with Crippen molar-refractivity contribution in [2.24, 2.45) is 0 Å². The highest BCUT2D eigenvalue weighted by atomic mass is 16.5. The third-order valence-corrected chi connectivity index (χ3v) is 8.35. The lowest BCUT2D eigenvalue weighted by Gasteiger charge is -2.43. The van der Waals surface area contributed by atoms with Crippen LogP contribution in [0.15, 0.2) is 48.5 Å². The Bertz CT molecular complexity index is 1610. The minimum atomic E-state index is -0.977.